The van der Waals surface area contributed by atoms with E-state index in [1.165, 1.54) is 0 Å². The van der Waals surface area contributed by atoms with E-state index < -0.39 is 0 Å². The van der Waals surface area contributed by atoms with Crippen LogP contribution in [0.2, 0.25) is 5.02 Å². The van der Waals surface area contributed by atoms with Gasteiger partial charge in [-0.1, -0.05) is 28.9 Å². The lowest BCUT2D eigenvalue weighted by atomic mass is 10.2. The van der Waals surface area contributed by atoms with Crippen LogP contribution in [0.25, 0.3) is 11.4 Å². The van der Waals surface area contributed by atoms with E-state index in [2.05, 4.69) is 25.8 Å². The molecule has 0 unspecified atom stereocenters. The fourth-order valence-electron chi connectivity index (χ4n) is 2.55. The van der Waals surface area contributed by atoms with E-state index in [1.807, 2.05) is 36.4 Å². The molecule has 0 aliphatic rings. The Bertz CT molecular complexity index is 924. The number of nitrogens with zero attached hydrogens (tertiary/aromatic N) is 3. The number of benzene rings is 2. The van der Waals surface area contributed by atoms with E-state index in [4.69, 9.17) is 20.9 Å². The molecule has 0 radical (unpaired) electrons. The summed E-state index contributed by atoms with van der Waals surface area (Å²) < 4.78 is 10.5. The van der Waals surface area contributed by atoms with Crippen molar-refractivity contribution < 1.29 is 9.26 Å². The summed E-state index contributed by atoms with van der Waals surface area (Å²) >= 11 is 5.90. The summed E-state index contributed by atoms with van der Waals surface area (Å²) in [7, 11) is 3.38. The summed E-state index contributed by atoms with van der Waals surface area (Å²) in [5.74, 6) is 2.63. The first-order valence-corrected chi connectivity index (χ1v) is 9.21. The monoisotopic (exact) mass is 399 g/mol. The average molecular weight is 400 g/mol. The third kappa shape index (κ3) is 5.47. The highest BCUT2D eigenvalue weighted by atomic mass is 35.5. The number of hydrogen-bond donors (Lipinski definition) is 2. The summed E-state index contributed by atoms with van der Waals surface area (Å²) in [6.07, 6.45) is 0.584. The lowest BCUT2D eigenvalue weighted by molar-refractivity contribution is 0.378. The van der Waals surface area contributed by atoms with Gasteiger partial charge in [0, 0.05) is 37.1 Å². The van der Waals surface area contributed by atoms with Gasteiger partial charge < -0.3 is 19.9 Å². The van der Waals surface area contributed by atoms with Gasteiger partial charge in [0.1, 0.15) is 5.75 Å². The van der Waals surface area contributed by atoms with E-state index in [1.54, 1.807) is 26.3 Å². The first-order chi connectivity index (χ1) is 13.7. The molecule has 0 amide bonds. The molecule has 2 aromatic carbocycles. The lowest BCUT2D eigenvalue weighted by Gasteiger charge is -2.11. The molecule has 1 aromatic heterocycles. The SMILES string of the molecule is CN=C(NCCc1nc(-c2ccc(Cl)cc2)no1)NCc1cccc(OC)c1. The normalized spacial score (nSPS) is 11.3. The molecular weight excluding hydrogens is 378 g/mol. The zero-order chi connectivity index (χ0) is 19.8. The molecule has 0 aliphatic carbocycles. The molecule has 0 fully saturated rings. The molecule has 146 valence electrons. The van der Waals surface area contributed by atoms with Crippen molar-refractivity contribution in [2.24, 2.45) is 4.99 Å². The maximum atomic E-state index is 5.90. The Morgan fingerprint density at radius 2 is 2.00 bits per heavy atom. The van der Waals surface area contributed by atoms with E-state index in [-0.39, 0.29) is 0 Å². The summed E-state index contributed by atoms with van der Waals surface area (Å²) in [5.41, 5.74) is 1.97. The van der Waals surface area contributed by atoms with Crippen LogP contribution in [0.4, 0.5) is 0 Å². The maximum Gasteiger partial charge on any atom is 0.228 e. The Morgan fingerprint density at radius 3 is 2.75 bits per heavy atom. The second-order valence-electron chi connectivity index (χ2n) is 5.97. The second-order valence-corrected chi connectivity index (χ2v) is 6.41. The van der Waals surface area contributed by atoms with Gasteiger partial charge in [-0.2, -0.15) is 4.98 Å². The Balaban J connectivity index is 1.47. The zero-order valence-corrected chi connectivity index (χ0v) is 16.5. The summed E-state index contributed by atoms with van der Waals surface area (Å²) in [6, 6.07) is 15.2. The number of aromatic nitrogens is 2. The fourth-order valence-corrected chi connectivity index (χ4v) is 2.68. The van der Waals surface area contributed by atoms with Crippen molar-refractivity contribution in [2.75, 3.05) is 20.7 Å². The predicted octanol–water partition coefficient (Wildman–Crippen LogP) is 3.31. The van der Waals surface area contributed by atoms with Crippen LogP contribution in [-0.4, -0.2) is 36.8 Å². The maximum absolute atomic E-state index is 5.90. The number of halogens is 1. The van der Waals surface area contributed by atoms with Crippen LogP contribution in [-0.2, 0) is 13.0 Å². The number of nitrogens with one attached hydrogen (secondary N) is 2. The summed E-state index contributed by atoms with van der Waals surface area (Å²) in [6.45, 7) is 1.25. The van der Waals surface area contributed by atoms with Crippen molar-refractivity contribution in [1.29, 1.82) is 0 Å². The number of methoxy groups -OCH3 is 1. The smallest absolute Gasteiger partial charge is 0.228 e. The lowest BCUT2D eigenvalue weighted by Crippen LogP contribution is -2.37. The first-order valence-electron chi connectivity index (χ1n) is 8.84. The number of hydrogen-bond acceptors (Lipinski definition) is 5. The van der Waals surface area contributed by atoms with Crippen molar-refractivity contribution >= 4 is 17.6 Å². The minimum atomic E-state index is 0.548. The van der Waals surface area contributed by atoms with Crippen molar-refractivity contribution in [3.05, 3.63) is 65.0 Å². The zero-order valence-electron chi connectivity index (χ0n) is 15.8. The number of rotatable bonds is 7. The third-order valence-electron chi connectivity index (χ3n) is 4.02. The van der Waals surface area contributed by atoms with E-state index in [0.29, 0.717) is 42.2 Å². The molecule has 7 nitrogen and oxygen atoms in total. The quantitative estimate of drug-likeness (QED) is 0.468. The van der Waals surface area contributed by atoms with Gasteiger partial charge >= 0.3 is 0 Å². The minimum absolute atomic E-state index is 0.548. The molecular formula is C20H22ClN5O2. The van der Waals surface area contributed by atoms with Gasteiger partial charge in [0.05, 0.1) is 7.11 Å². The standard InChI is InChI=1S/C20H22ClN5O2/c1-22-20(24-13-14-4-3-5-17(12-14)27-2)23-11-10-18-25-19(26-28-18)15-6-8-16(21)9-7-15/h3-9,12H,10-11,13H2,1-2H3,(H2,22,23,24). The van der Waals surface area contributed by atoms with Crippen molar-refractivity contribution in [3.63, 3.8) is 0 Å². The third-order valence-corrected chi connectivity index (χ3v) is 4.27. The van der Waals surface area contributed by atoms with Crippen LogP contribution >= 0.6 is 11.6 Å². The molecule has 0 aliphatic heterocycles. The van der Waals surface area contributed by atoms with Gasteiger partial charge in [-0.3, -0.25) is 4.99 Å². The van der Waals surface area contributed by atoms with Crippen LogP contribution in [0.15, 0.2) is 58.0 Å². The topological polar surface area (TPSA) is 84.6 Å². The van der Waals surface area contributed by atoms with Crippen molar-refractivity contribution in [2.45, 2.75) is 13.0 Å². The van der Waals surface area contributed by atoms with Gasteiger partial charge in [-0.05, 0) is 42.0 Å². The van der Waals surface area contributed by atoms with Crippen molar-refractivity contribution in [3.8, 4) is 17.1 Å². The highest BCUT2D eigenvalue weighted by molar-refractivity contribution is 6.30. The van der Waals surface area contributed by atoms with Crippen LogP contribution < -0.4 is 15.4 Å². The minimum Gasteiger partial charge on any atom is -0.497 e. The van der Waals surface area contributed by atoms with Crippen LogP contribution in [0.5, 0.6) is 5.75 Å². The number of ether oxygens (including phenoxy) is 1. The van der Waals surface area contributed by atoms with Gasteiger partial charge in [-0.25, -0.2) is 0 Å². The molecule has 0 bridgehead atoms. The molecule has 3 rings (SSSR count). The van der Waals surface area contributed by atoms with Crippen LogP contribution in [0.1, 0.15) is 11.5 Å². The van der Waals surface area contributed by atoms with E-state index in [0.717, 1.165) is 16.9 Å². The second kappa shape index (κ2) is 9.75. The summed E-state index contributed by atoms with van der Waals surface area (Å²) in [4.78, 5) is 8.63. The molecule has 8 heteroatoms. The predicted molar refractivity (Wildman–Crippen MR) is 110 cm³/mol. The van der Waals surface area contributed by atoms with Gasteiger partial charge in [0.25, 0.3) is 0 Å². The molecule has 2 N–H and O–H groups in total. The Morgan fingerprint density at radius 1 is 1.18 bits per heavy atom. The molecule has 28 heavy (non-hydrogen) atoms. The van der Waals surface area contributed by atoms with Gasteiger partial charge in [-0.15, -0.1) is 0 Å². The van der Waals surface area contributed by atoms with E-state index in [9.17, 15) is 0 Å². The fraction of sp³-hybridized carbons (Fsp3) is 0.250. The Hall–Kier alpha value is -3.06. The van der Waals surface area contributed by atoms with E-state index >= 15 is 0 Å². The van der Waals surface area contributed by atoms with Gasteiger partial charge in [0.2, 0.25) is 11.7 Å². The highest BCUT2D eigenvalue weighted by Crippen LogP contribution is 2.18. The molecule has 0 saturated carbocycles. The first kappa shape index (κ1) is 19.7. The van der Waals surface area contributed by atoms with Crippen molar-refractivity contribution in [1.82, 2.24) is 20.8 Å². The highest BCUT2D eigenvalue weighted by Gasteiger charge is 2.09. The number of guanidine groups is 1. The average Bonchev–Trinajstić information content (AvgIpc) is 3.20. The number of aliphatic imine (C=N–C) groups is 1. The van der Waals surface area contributed by atoms with Crippen LogP contribution in [0, 0.1) is 0 Å². The molecule has 0 spiro atoms. The summed E-state index contributed by atoms with van der Waals surface area (Å²) in [5, 5.41) is 11.2. The Labute approximate surface area is 168 Å². The molecule has 1 heterocycles. The largest absolute Gasteiger partial charge is 0.497 e. The van der Waals surface area contributed by atoms with Gasteiger partial charge in [0.15, 0.2) is 5.96 Å². The molecule has 0 atom stereocenters. The van der Waals surface area contributed by atoms with Crippen LogP contribution in [0.3, 0.4) is 0 Å². The Kier molecular flexibility index (Phi) is 6.86. The molecule has 0 saturated heterocycles. The molecule has 3 aromatic rings.